The molecule has 0 radical (unpaired) electrons. The number of nitrogens with two attached hydrogens (primary N) is 1. The molecule has 1 aliphatic heterocycles. The number of halogens is 1. The Morgan fingerprint density at radius 2 is 2.24 bits per heavy atom. The molecular weight excluding hydrogens is 276 g/mol. The molecule has 2 rings (SSSR count). The van der Waals surface area contributed by atoms with Gasteiger partial charge in [-0.3, -0.25) is 0 Å². The zero-order valence-electron chi connectivity index (χ0n) is 10.6. The van der Waals surface area contributed by atoms with E-state index in [4.69, 9.17) is 5.73 Å². The molecule has 0 saturated carbocycles. The van der Waals surface area contributed by atoms with E-state index in [9.17, 15) is 0 Å². The lowest BCUT2D eigenvalue weighted by Crippen LogP contribution is -2.34. The van der Waals surface area contributed by atoms with Crippen LogP contribution in [0.4, 0.5) is 5.69 Å². The van der Waals surface area contributed by atoms with Gasteiger partial charge in [0.2, 0.25) is 0 Å². The molecule has 2 N–H and O–H groups in total. The Labute approximate surface area is 112 Å². The van der Waals surface area contributed by atoms with E-state index in [-0.39, 0.29) is 6.04 Å². The summed E-state index contributed by atoms with van der Waals surface area (Å²) in [5.41, 5.74) is 8.39. The first kappa shape index (κ1) is 12.9. The summed E-state index contributed by atoms with van der Waals surface area (Å²) in [7, 11) is 0. The fourth-order valence-corrected chi connectivity index (χ4v) is 3.12. The number of rotatable bonds is 2. The van der Waals surface area contributed by atoms with Crippen LogP contribution in [0.1, 0.15) is 38.3 Å². The third-order valence-corrected chi connectivity index (χ3v) is 4.13. The largest absolute Gasteiger partial charge is 0.370 e. The van der Waals surface area contributed by atoms with Crippen LogP contribution < -0.4 is 10.6 Å². The summed E-state index contributed by atoms with van der Waals surface area (Å²) in [6.45, 7) is 6.68. The second-order valence-electron chi connectivity index (χ2n) is 5.19. The number of nitrogens with zero attached hydrogens (tertiary/aromatic N) is 1. The van der Waals surface area contributed by atoms with Crippen molar-refractivity contribution in [2.75, 3.05) is 18.0 Å². The minimum Gasteiger partial charge on any atom is -0.370 e. The molecule has 1 aromatic carbocycles. The fraction of sp³-hybridized carbons (Fsp3) is 0.571. The van der Waals surface area contributed by atoms with Crippen molar-refractivity contribution >= 4 is 21.6 Å². The van der Waals surface area contributed by atoms with Crippen LogP contribution in [-0.4, -0.2) is 13.1 Å². The normalized spacial score (nSPS) is 22.6. The monoisotopic (exact) mass is 296 g/mol. The summed E-state index contributed by atoms with van der Waals surface area (Å²) in [5.74, 6) is 0.795. The maximum atomic E-state index is 5.90. The molecule has 1 saturated heterocycles. The molecule has 2 atom stereocenters. The molecule has 0 aromatic heterocycles. The van der Waals surface area contributed by atoms with E-state index in [1.807, 2.05) is 6.92 Å². The summed E-state index contributed by atoms with van der Waals surface area (Å²) >= 11 is 3.67. The van der Waals surface area contributed by atoms with Crippen molar-refractivity contribution in [2.24, 2.45) is 11.7 Å². The summed E-state index contributed by atoms with van der Waals surface area (Å²) in [6.07, 6.45) is 2.65. The van der Waals surface area contributed by atoms with Gasteiger partial charge in [0.15, 0.2) is 0 Å². The minimum atomic E-state index is 0.0978. The summed E-state index contributed by atoms with van der Waals surface area (Å²) < 4.78 is 1.17. The van der Waals surface area contributed by atoms with Gasteiger partial charge in [-0.05, 0) is 59.3 Å². The summed E-state index contributed by atoms with van der Waals surface area (Å²) in [5, 5.41) is 0. The van der Waals surface area contributed by atoms with Crippen molar-refractivity contribution in [3.05, 3.63) is 28.2 Å². The third-order valence-electron chi connectivity index (χ3n) is 3.50. The first-order valence-corrected chi connectivity index (χ1v) is 7.17. The lowest BCUT2D eigenvalue weighted by atomic mass is 9.99. The van der Waals surface area contributed by atoms with Crippen LogP contribution in [0.5, 0.6) is 0 Å². The lowest BCUT2D eigenvalue weighted by Gasteiger charge is -2.33. The molecule has 0 bridgehead atoms. The predicted octanol–water partition coefficient (Wildman–Crippen LogP) is 3.71. The van der Waals surface area contributed by atoms with Crippen molar-refractivity contribution in [3.8, 4) is 0 Å². The average molecular weight is 297 g/mol. The van der Waals surface area contributed by atoms with Gasteiger partial charge in [0.25, 0.3) is 0 Å². The van der Waals surface area contributed by atoms with Crippen LogP contribution in [0.3, 0.4) is 0 Å². The number of hydrogen-bond acceptors (Lipinski definition) is 2. The first-order valence-electron chi connectivity index (χ1n) is 6.38. The van der Waals surface area contributed by atoms with E-state index in [0.717, 1.165) is 12.5 Å². The SMILES string of the molecule is CC1CCCN(c2ccc(C(C)N)cc2Br)C1. The van der Waals surface area contributed by atoms with Crippen molar-refractivity contribution in [3.63, 3.8) is 0 Å². The molecular formula is C14H21BrN2. The maximum absolute atomic E-state index is 5.90. The molecule has 1 fully saturated rings. The quantitative estimate of drug-likeness (QED) is 0.901. The fourth-order valence-electron chi connectivity index (χ4n) is 2.47. The van der Waals surface area contributed by atoms with Crippen LogP contribution >= 0.6 is 15.9 Å². The molecule has 1 aliphatic rings. The van der Waals surface area contributed by atoms with Gasteiger partial charge in [-0.1, -0.05) is 13.0 Å². The van der Waals surface area contributed by atoms with E-state index < -0.39 is 0 Å². The number of hydrogen-bond donors (Lipinski definition) is 1. The van der Waals surface area contributed by atoms with Gasteiger partial charge in [0.1, 0.15) is 0 Å². The molecule has 2 nitrogen and oxygen atoms in total. The van der Waals surface area contributed by atoms with Gasteiger partial charge in [-0.2, -0.15) is 0 Å². The van der Waals surface area contributed by atoms with Gasteiger partial charge in [-0.25, -0.2) is 0 Å². The van der Waals surface area contributed by atoms with Crippen molar-refractivity contribution < 1.29 is 0 Å². The van der Waals surface area contributed by atoms with Crippen LogP contribution in [0.25, 0.3) is 0 Å². The van der Waals surface area contributed by atoms with Gasteiger partial charge in [0, 0.05) is 23.6 Å². The smallest absolute Gasteiger partial charge is 0.0510 e. The van der Waals surface area contributed by atoms with Gasteiger partial charge in [0.05, 0.1) is 5.69 Å². The van der Waals surface area contributed by atoms with Crippen LogP contribution in [-0.2, 0) is 0 Å². The Morgan fingerprint density at radius 1 is 1.47 bits per heavy atom. The first-order chi connectivity index (χ1) is 8.08. The molecule has 1 heterocycles. The topological polar surface area (TPSA) is 29.3 Å². The second kappa shape index (κ2) is 5.40. The van der Waals surface area contributed by atoms with E-state index in [1.54, 1.807) is 0 Å². The van der Waals surface area contributed by atoms with Crippen molar-refractivity contribution in [2.45, 2.75) is 32.7 Å². The number of piperidine rings is 1. The van der Waals surface area contributed by atoms with E-state index in [1.165, 1.54) is 35.1 Å². The molecule has 1 aromatic rings. The molecule has 0 aliphatic carbocycles. The standard InChI is InChI=1S/C14H21BrN2/c1-10-4-3-7-17(9-10)14-6-5-12(11(2)16)8-13(14)15/h5-6,8,10-11H,3-4,7,9,16H2,1-2H3. The van der Waals surface area contributed by atoms with Gasteiger partial charge >= 0.3 is 0 Å². The molecule has 3 heteroatoms. The number of benzene rings is 1. The average Bonchev–Trinajstić information content (AvgIpc) is 2.28. The van der Waals surface area contributed by atoms with Crippen LogP contribution in [0.2, 0.25) is 0 Å². The van der Waals surface area contributed by atoms with E-state index >= 15 is 0 Å². The number of anilines is 1. The third kappa shape index (κ3) is 3.02. The van der Waals surface area contributed by atoms with E-state index in [0.29, 0.717) is 0 Å². The Hall–Kier alpha value is -0.540. The Kier molecular flexibility index (Phi) is 4.10. The summed E-state index contributed by atoms with van der Waals surface area (Å²) in [6, 6.07) is 6.59. The molecule has 0 amide bonds. The maximum Gasteiger partial charge on any atom is 0.0510 e. The molecule has 2 unspecified atom stereocenters. The highest BCUT2D eigenvalue weighted by molar-refractivity contribution is 9.10. The Bertz CT molecular complexity index is 390. The molecule has 94 valence electrons. The summed E-state index contributed by atoms with van der Waals surface area (Å²) in [4.78, 5) is 2.48. The van der Waals surface area contributed by atoms with E-state index in [2.05, 4.69) is 46.0 Å². The van der Waals surface area contributed by atoms with Crippen molar-refractivity contribution in [1.29, 1.82) is 0 Å². The lowest BCUT2D eigenvalue weighted by molar-refractivity contribution is 0.446. The van der Waals surface area contributed by atoms with Gasteiger partial charge in [-0.15, -0.1) is 0 Å². The zero-order valence-corrected chi connectivity index (χ0v) is 12.2. The molecule has 17 heavy (non-hydrogen) atoms. The molecule has 0 spiro atoms. The van der Waals surface area contributed by atoms with Crippen LogP contribution in [0.15, 0.2) is 22.7 Å². The zero-order chi connectivity index (χ0) is 12.4. The Balaban J connectivity index is 2.21. The van der Waals surface area contributed by atoms with Crippen molar-refractivity contribution in [1.82, 2.24) is 0 Å². The second-order valence-corrected chi connectivity index (χ2v) is 6.05. The highest BCUT2D eigenvalue weighted by atomic mass is 79.9. The highest BCUT2D eigenvalue weighted by Gasteiger charge is 2.18. The highest BCUT2D eigenvalue weighted by Crippen LogP contribution is 2.31. The Morgan fingerprint density at radius 3 is 2.82 bits per heavy atom. The van der Waals surface area contributed by atoms with Gasteiger partial charge < -0.3 is 10.6 Å². The van der Waals surface area contributed by atoms with Crippen LogP contribution in [0, 0.1) is 5.92 Å². The predicted molar refractivity (Wildman–Crippen MR) is 77.4 cm³/mol. The minimum absolute atomic E-state index is 0.0978.